The summed E-state index contributed by atoms with van der Waals surface area (Å²) in [6.07, 6.45) is 4.27. The Kier molecular flexibility index (Phi) is 2.98. The van der Waals surface area contributed by atoms with Crippen molar-refractivity contribution in [2.45, 2.75) is 24.6 Å². The fourth-order valence-corrected chi connectivity index (χ4v) is 2.30. The van der Waals surface area contributed by atoms with Crippen LogP contribution in [-0.4, -0.2) is 14.7 Å². The van der Waals surface area contributed by atoms with Crippen LogP contribution in [0.15, 0.2) is 30.5 Å². The summed E-state index contributed by atoms with van der Waals surface area (Å²) < 4.78 is 1.75. The molecule has 19 heavy (non-hydrogen) atoms. The molecule has 1 aliphatic carbocycles. The van der Waals surface area contributed by atoms with Crippen molar-refractivity contribution < 1.29 is 4.92 Å². The van der Waals surface area contributed by atoms with Gasteiger partial charge in [0.1, 0.15) is 0 Å². The molecule has 1 fully saturated rings. The van der Waals surface area contributed by atoms with Gasteiger partial charge < -0.3 is 0 Å². The molecule has 98 valence electrons. The van der Waals surface area contributed by atoms with E-state index >= 15 is 0 Å². The zero-order chi connectivity index (χ0) is 13.4. The fourth-order valence-electron chi connectivity index (χ4n) is 2.09. The van der Waals surface area contributed by atoms with E-state index in [4.69, 9.17) is 11.6 Å². The molecule has 6 heteroatoms. The fraction of sp³-hybridized carbons (Fsp3) is 0.308. The van der Waals surface area contributed by atoms with E-state index in [-0.39, 0.29) is 11.6 Å². The summed E-state index contributed by atoms with van der Waals surface area (Å²) in [5.74, 6) is 0.800. The normalized spacial score (nSPS) is 14.6. The van der Waals surface area contributed by atoms with E-state index in [9.17, 15) is 10.1 Å². The lowest BCUT2D eigenvalue weighted by Crippen LogP contribution is -2.01. The van der Waals surface area contributed by atoms with Crippen molar-refractivity contribution in [1.29, 1.82) is 0 Å². The van der Waals surface area contributed by atoms with Crippen molar-refractivity contribution in [3.63, 3.8) is 0 Å². The van der Waals surface area contributed by atoms with Crippen molar-refractivity contribution in [2.24, 2.45) is 0 Å². The molecule has 0 saturated heterocycles. The predicted octanol–water partition coefficient (Wildman–Crippen LogP) is 3.40. The average molecular weight is 278 g/mol. The lowest BCUT2D eigenvalue weighted by Gasteiger charge is -2.07. The van der Waals surface area contributed by atoms with Crippen molar-refractivity contribution in [3.05, 3.63) is 51.8 Å². The van der Waals surface area contributed by atoms with Gasteiger partial charge >= 0.3 is 0 Å². The van der Waals surface area contributed by atoms with Gasteiger partial charge in [-0.1, -0.05) is 0 Å². The Hall–Kier alpha value is -1.88. The number of nitro groups is 1. The number of alkyl halides is 1. The quantitative estimate of drug-likeness (QED) is 0.489. The van der Waals surface area contributed by atoms with Crippen LogP contribution < -0.4 is 0 Å². The molecule has 5 nitrogen and oxygen atoms in total. The van der Waals surface area contributed by atoms with Crippen molar-refractivity contribution >= 4 is 17.3 Å². The average Bonchev–Trinajstić information content (AvgIpc) is 3.16. The molecule has 2 aromatic rings. The predicted molar refractivity (Wildman–Crippen MR) is 71.8 cm³/mol. The Morgan fingerprint density at radius 2 is 2.21 bits per heavy atom. The molecule has 0 amide bonds. The van der Waals surface area contributed by atoms with Crippen LogP contribution in [0, 0.1) is 10.1 Å². The molecular formula is C13H12ClN3O2. The van der Waals surface area contributed by atoms with Gasteiger partial charge in [-0.15, -0.1) is 11.6 Å². The van der Waals surface area contributed by atoms with Crippen LogP contribution in [0.5, 0.6) is 0 Å². The maximum atomic E-state index is 10.8. The van der Waals surface area contributed by atoms with E-state index < -0.39 is 4.92 Å². The van der Waals surface area contributed by atoms with Gasteiger partial charge in [0.2, 0.25) is 0 Å². The second-order valence-corrected chi connectivity index (χ2v) is 4.93. The Morgan fingerprint density at radius 1 is 1.42 bits per heavy atom. The third-order valence-electron chi connectivity index (χ3n) is 3.27. The van der Waals surface area contributed by atoms with E-state index in [0.717, 1.165) is 11.4 Å². The first-order valence-corrected chi connectivity index (χ1v) is 6.61. The van der Waals surface area contributed by atoms with Crippen LogP contribution in [0.1, 0.15) is 30.0 Å². The first kappa shape index (κ1) is 12.2. The molecule has 3 rings (SSSR count). The number of nitrogens with zero attached hydrogens (tertiary/aromatic N) is 3. The van der Waals surface area contributed by atoms with Crippen LogP contribution in [0.4, 0.5) is 5.69 Å². The summed E-state index contributed by atoms with van der Waals surface area (Å²) in [4.78, 5) is 10.3. The van der Waals surface area contributed by atoms with Gasteiger partial charge in [0.15, 0.2) is 0 Å². The third kappa shape index (κ3) is 2.33. The number of non-ortho nitro benzene ring substituents is 1. The van der Waals surface area contributed by atoms with Gasteiger partial charge in [-0.25, -0.2) is 4.68 Å². The van der Waals surface area contributed by atoms with Gasteiger partial charge in [0.05, 0.1) is 16.3 Å². The lowest BCUT2D eigenvalue weighted by atomic mass is 10.2. The van der Waals surface area contributed by atoms with E-state index in [1.54, 1.807) is 10.7 Å². The van der Waals surface area contributed by atoms with Crippen molar-refractivity contribution in [2.75, 3.05) is 0 Å². The van der Waals surface area contributed by atoms with Crippen LogP contribution in [0.3, 0.4) is 0 Å². The largest absolute Gasteiger partial charge is 0.269 e. The molecule has 1 heterocycles. The smallest absolute Gasteiger partial charge is 0.258 e. The summed E-state index contributed by atoms with van der Waals surface area (Å²) in [7, 11) is 0. The number of hydrogen-bond donors (Lipinski definition) is 0. The topological polar surface area (TPSA) is 61.0 Å². The summed E-state index contributed by atoms with van der Waals surface area (Å²) >= 11 is 5.88. The van der Waals surface area contributed by atoms with Gasteiger partial charge in [0, 0.05) is 30.1 Å². The number of nitro benzene ring substituents is 1. The molecule has 1 saturated carbocycles. The highest BCUT2D eigenvalue weighted by atomic mass is 35.5. The number of halogens is 1. The Bertz CT molecular complexity index is 635. The second-order valence-electron chi connectivity index (χ2n) is 4.66. The van der Waals surface area contributed by atoms with Crippen LogP contribution in [-0.2, 0) is 5.88 Å². The van der Waals surface area contributed by atoms with E-state index in [0.29, 0.717) is 11.5 Å². The highest BCUT2D eigenvalue weighted by molar-refractivity contribution is 6.17. The Labute approximate surface area is 115 Å². The molecule has 0 N–H and O–H groups in total. The molecule has 0 atom stereocenters. The zero-order valence-electron chi connectivity index (χ0n) is 10.1. The van der Waals surface area contributed by atoms with Crippen LogP contribution >= 0.6 is 11.6 Å². The van der Waals surface area contributed by atoms with E-state index in [1.165, 1.54) is 25.0 Å². The van der Waals surface area contributed by atoms with Gasteiger partial charge in [-0.05, 0) is 30.5 Å². The summed E-state index contributed by atoms with van der Waals surface area (Å²) in [6, 6.07) is 6.67. The van der Waals surface area contributed by atoms with Gasteiger partial charge in [-0.3, -0.25) is 10.1 Å². The van der Waals surface area contributed by atoms with E-state index in [2.05, 4.69) is 5.10 Å². The number of benzene rings is 1. The van der Waals surface area contributed by atoms with Crippen LogP contribution in [0.2, 0.25) is 0 Å². The standard InChI is InChI=1S/C13H12ClN3O2/c14-8-10-7-11(17(18)19)3-4-13(10)16-6-5-12(15-16)9-1-2-9/h3-7,9H,1-2,8H2. The van der Waals surface area contributed by atoms with E-state index in [1.807, 2.05) is 12.3 Å². The monoisotopic (exact) mass is 277 g/mol. The Balaban J connectivity index is 2.00. The zero-order valence-corrected chi connectivity index (χ0v) is 10.9. The van der Waals surface area contributed by atoms with Crippen LogP contribution in [0.25, 0.3) is 5.69 Å². The van der Waals surface area contributed by atoms with Gasteiger partial charge in [0.25, 0.3) is 5.69 Å². The maximum absolute atomic E-state index is 10.8. The number of rotatable bonds is 4. The lowest BCUT2D eigenvalue weighted by molar-refractivity contribution is -0.384. The number of aromatic nitrogens is 2. The minimum Gasteiger partial charge on any atom is -0.258 e. The molecule has 0 radical (unpaired) electrons. The minimum atomic E-state index is -0.418. The highest BCUT2D eigenvalue weighted by Gasteiger charge is 2.26. The molecule has 0 unspecified atom stereocenters. The molecule has 0 bridgehead atoms. The first-order valence-electron chi connectivity index (χ1n) is 6.08. The SMILES string of the molecule is O=[N+]([O-])c1ccc(-n2ccc(C3CC3)n2)c(CCl)c1. The summed E-state index contributed by atoms with van der Waals surface area (Å²) in [6.45, 7) is 0. The molecule has 0 aliphatic heterocycles. The summed E-state index contributed by atoms with van der Waals surface area (Å²) in [5.41, 5.74) is 2.64. The van der Waals surface area contributed by atoms with Crippen molar-refractivity contribution in [3.8, 4) is 5.69 Å². The molecular weight excluding hydrogens is 266 g/mol. The molecule has 0 spiro atoms. The Morgan fingerprint density at radius 3 is 2.84 bits per heavy atom. The highest BCUT2D eigenvalue weighted by Crippen LogP contribution is 2.39. The first-order chi connectivity index (χ1) is 9.19. The third-order valence-corrected chi connectivity index (χ3v) is 3.56. The molecule has 1 aliphatic rings. The number of hydrogen-bond acceptors (Lipinski definition) is 3. The molecule has 1 aromatic carbocycles. The second kappa shape index (κ2) is 4.66. The molecule has 1 aromatic heterocycles. The minimum absolute atomic E-state index is 0.0500. The van der Waals surface area contributed by atoms with Gasteiger partial charge in [-0.2, -0.15) is 5.10 Å². The summed E-state index contributed by atoms with van der Waals surface area (Å²) in [5, 5.41) is 15.3. The maximum Gasteiger partial charge on any atom is 0.269 e. The van der Waals surface area contributed by atoms with Crippen molar-refractivity contribution in [1.82, 2.24) is 9.78 Å².